The van der Waals surface area contributed by atoms with Gasteiger partial charge in [0.05, 0.1) is 0 Å². The molecule has 0 aliphatic rings. The molecule has 74 valence electrons. The molecule has 0 bridgehead atoms. The summed E-state index contributed by atoms with van der Waals surface area (Å²) in [6.45, 7) is -0.312. The third-order valence-electron chi connectivity index (χ3n) is 1.41. The Morgan fingerprint density at radius 1 is 1.57 bits per heavy atom. The van der Waals surface area contributed by atoms with Crippen LogP contribution in [0.3, 0.4) is 0 Å². The fraction of sp³-hybridized carbons (Fsp3) is 0.125. The Labute approximate surface area is 84.4 Å². The van der Waals surface area contributed by atoms with E-state index < -0.39 is 10.4 Å². The van der Waals surface area contributed by atoms with Gasteiger partial charge in [-0.3, -0.25) is 10.1 Å². The van der Waals surface area contributed by atoms with Crippen molar-refractivity contribution < 1.29 is 14.5 Å². The van der Waals surface area contributed by atoms with E-state index in [1.54, 1.807) is 12.1 Å². The molecule has 0 fully saturated rings. The smallest absolute Gasteiger partial charge is 0.409 e. The number of nitrogens with zero attached hydrogens (tertiary/aromatic N) is 1. The van der Waals surface area contributed by atoms with Gasteiger partial charge >= 0.3 is 5.43 Å². The molecule has 0 amide bonds. The van der Waals surface area contributed by atoms with Crippen LogP contribution in [0.25, 0.3) is 0 Å². The van der Waals surface area contributed by atoms with Gasteiger partial charge in [-0.1, -0.05) is 12.1 Å². The van der Waals surface area contributed by atoms with Gasteiger partial charge in [0.1, 0.15) is 5.75 Å². The highest BCUT2D eigenvalue weighted by atomic mass is 35.5. The van der Waals surface area contributed by atoms with Gasteiger partial charge in [-0.15, -0.1) is 0 Å². The standard InChI is InChI=1S/C8H6ClNO4/c9-8(11)14-7-3-1-2-6(4-7)5-10(12)13/h1-4H,5H2. The van der Waals surface area contributed by atoms with Gasteiger partial charge in [-0.25, -0.2) is 4.79 Å². The van der Waals surface area contributed by atoms with Gasteiger partial charge in [0.25, 0.3) is 0 Å². The quantitative estimate of drug-likeness (QED) is 0.440. The summed E-state index contributed by atoms with van der Waals surface area (Å²) >= 11 is 4.98. The molecule has 0 N–H and O–H groups in total. The van der Waals surface area contributed by atoms with Gasteiger partial charge in [-0.2, -0.15) is 0 Å². The van der Waals surface area contributed by atoms with Gasteiger partial charge in [0.2, 0.25) is 6.54 Å². The first kappa shape index (κ1) is 10.5. The molecule has 1 rings (SSSR count). The lowest BCUT2D eigenvalue weighted by molar-refractivity contribution is -0.496. The van der Waals surface area contributed by atoms with E-state index in [-0.39, 0.29) is 12.3 Å². The van der Waals surface area contributed by atoms with Crippen molar-refractivity contribution >= 4 is 17.0 Å². The predicted molar refractivity (Wildman–Crippen MR) is 49.0 cm³/mol. The molecule has 0 atom stereocenters. The maximum atomic E-state index is 10.4. The average Bonchev–Trinajstić information content (AvgIpc) is 2.01. The van der Waals surface area contributed by atoms with E-state index in [2.05, 4.69) is 4.74 Å². The normalized spacial score (nSPS) is 9.50. The summed E-state index contributed by atoms with van der Waals surface area (Å²) in [5, 5.41) is 10.2. The zero-order chi connectivity index (χ0) is 10.6. The molecule has 0 aliphatic carbocycles. The minimum absolute atomic E-state index is 0.198. The van der Waals surface area contributed by atoms with E-state index in [0.29, 0.717) is 5.56 Å². The number of carbonyl (C=O) groups excluding carboxylic acids is 1. The zero-order valence-electron chi connectivity index (χ0n) is 6.97. The molecule has 6 heteroatoms. The van der Waals surface area contributed by atoms with E-state index in [1.165, 1.54) is 12.1 Å². The summed E-state index contributed by atoms with van der Waals surface area (Å²) in [5.41, 5.74) is -0.520. The number of rotatable bonds is 3. The molecule has 0 heterocycles. The third kappa shape index (κ3) is 3.40. The van der Waals surface area contributed by atoms with E-state index >= 15 is 0 Å². The first-order valence-electron chi connectivity index (χ1n) is 3.66. The van der Waals surface area contributed by atoms with Crippen LogP contribution < -0.4 is 4.74 Å². The van der Waals surface area contributed by atoms with Crippen LogP contribution in [0.2, 0.25) is 0 Å². The van der Waals surface area contributed by atoms with Crippen LogP contribution >= 0.6 is 11.6 Å². The topological polar surface area (TPSA) is 69.4 Å². The Balaban J connectivity index is 2.78. The Hall–Kier alpha value is -1.62. The van der Waals surface area contributed by atoms with Crippen molar-refractivity contribution in [3.8, 4) is 5.75 Å². The molecular weight excluding hydrogens is 210 g/mol. The molecule has 0 aromatic heterocycles. The van der Waals surface area contributed by atoms with Crippen molar-refractivity contribution in [1.82, 2.24) is 0 Å². The lowest BCUT2D eigenvalue weighted by Gasteiger charge is -2.00. The maximum Gasteiger partial charge on any atom is 0.409 e. The number of hydrogen-bond acceptors (Lipinski definition) is 4. The fourth-order valence-electron chi connectivity index (χ4n) is 0.949. The Morgan fingerprint density at radius 2 is 2.29 bits per heavy atom. The minimum atomic E-state index is -0.969. The van der Waals surface area contributed by atoms with Crippen LogP contribution in [0.5, 0.6) is 5.75 Å². The third-order valence-corrected chi connectivity index (χ3v) is 1.49. The second-order valence-corrected chi connectivity index (χ2v) is 2.79. The minimum Gasteiger partial charge on any atom is -0.414 e. The van der Waals surface area contributed by atoms with Crippen LogP contribution in [-0.4, -0.2) is 10.4 Å². The summed E-state index contributed by atoms with van der Waals surface area (Å²) in [6, 6.07) is 6.00. The second-order valence-electron chi connectivity index (χ2n) is 2.48. The summed E-state index contributed by atoms with van der Waals surface area (Å²) < 4.78 is 4.54. The van der Waals surface area contributed by atoms with Crippen molar-refractivity contribution in [3.63, 3.8) is 0 Å². The van der Waals surface area contributed by atoms with E-state index in [9.17, 15) is 14.9 Å². The maximum absolute atomic E-state index is 10.4. The number of ether oxygens (including phenoxy) is 1. The van der Waals surface area contributed by atoms with Gasteiger partial charge in [0, 0.05) is 22.1 Å². The van der Waals surface area contributed by atoms with Gasteiger partial charge in [-0.05, 0) is 12.1 Å². The summed E-state index contributed by atoms with van der Waals surface area (Å²) in [4.78, 5) is 20.1. The lowest BCUT2D eigenvalue weighted by atomic mass is 10.2. The highest BCUT2D eigenvalue weighted by Crippen LogP contribution is 2.14. The fourth-order valence-corrected chi connectivity index (χ4v) is 1.04. The van der Waals surface area contributed by atoms with Crippen molar-refractivity contribution in [2.24, 2.45) is 0 Å². The highest BCUT2D eigenvalue weighted by Gasteiger charge is 2.04. The molecule has 0 aliphatic heterocycles. The zero-order valence-corrected chi connectivity index (χ0v) is 7.73. The summed E-state index contributed by atoms with van der Waals surface area (Å²) in [7, 11) is 0. The van der Waals surface area contributed by atoms with Gasteiger partial charge in [0.15, 0.2) is 0 Å². The van der Waals surface area contributed by atoms with E-state index in [4.69, 9.17) is 11.6 Å². The van der Waals surface area contributed by atoms with Gasteiger partial charge < -0.3 is 4.74 Å². The predicted octanol–water partition coefficient (Wildman–Crippen LogP) is 2.20. The second kappa shape index (κ2) is 4.57. The number of hydrogen-bond donors (Lipinski definition) is 0. The molecule has 0 radical (unpaired) electrons. The van der Waals surface area contributed by atoms with Crippen LogP contribution in [0.1, 0.15) is 5.56 Å². The SMILES string of the molecule is O=C(Cl)Oc1cccc(C[N+](=O)[O-])c1. The van der Waals surface area contributed by atoms with Crippen LogP contribution in [0.15, 0.2) is 24.3 Å². The largest absolute Gasteiger partial charge is 0.414 e. The van der Waals surface area contributed by atoms with E-state index in [1.807, 2.05) is 0 Å². The molecule has 0 spiro atoms. The molecule has 0 saturated carbocycles. The summed E-state index contributed by atoms with van der Waals surface area (Å²) in [5.74, 6) is 0.198. The molecule has 1 aromatic carbocycles. The first-order chi connectivity index (χ1) is 6.58. The number of carbonyl (C=O) groups is 1. The summed E-state index contributed by atoms with van der Waals surface area (Å²) in [6.07, 6.45) is 0. The number of benzene rings is 1. The van der Waals surface area contributed by atoms with Crippen molar-refractivity contribution in [2.75, 3.05) is 0 Å². The Bertz CT molecular complexity index is 335. The molecule has 0 unspecified atom stereocenters. The Morgan fingerprint density at radius 3 is 2.86 bits per heavy atom. The van der Waals surface area contributed by atoms with Crippen LogP contribution in [0, 0.1) is 10.1 Å². The number of halogens is 1. The monoisotopic (exact) mass is 215 g/mol. The van der Waals surface area contributed by atoms with Crippen LogP contribution in [0.4, 0.5) is 4.79 Å². The molecule has 5 nitrogen and oxygen atoms in total. The van der Waals surface area contributed by atoms with Crippen molar-refractivity contribution in [3.05, 3.63) is 39.9 Å². The molecule has 0 saturated heterocycles. The first-order valence-corrected chi connectivity index (χ1v) is 4.04. The van der Waals surface area contributed by atoms with Crippen molar-refractivity contribution in [1.29, 1.82) is 0 Å². The molecule has 14 heavy (non-hydrogen) atoms. The molecular formula is C8H6ClNO4. The lowest BCUT2D eigenvalue weighted by Crippen LogP contribution is -2.00. The highest BCUT2D eigenvalue weighted by molar-refractivity contribution is 6.61. The average molecular weight is 216 g/mol. The Kier molecular flexibility index (Phi) is 3.41. The number of nitro groups is 1. The van der Waals surface area contributed by atoms with E-state index in [0.717, 1.165) is 0 Å². The van der Waals surface area contributed by atoms with Crippen molar-refractivity contribution in [2.45, 2.75) is 6.54 Å². The van der Waals surface area contributed by atoms with Crippen LogP contribution in [-0.2, 0) is 6.54 Å². The molecule has 1 aromatic rings.